The Morgan fingerprint density at radius 2 is 0.544 bits per heavy atom. The van der Waals surface area contributed by atoms with E-state index in [2.05, 4.69) is 364 Å². The van der Waals surface area contributed by atoms with E-state index in [1.54, 1.807) is 0 Å². The smallest absolute Gasteiger partial charge is 0.319 e. The van der Waals surface area contributed by atoms with Crippen molar-refractivity contribution in [1.82, 2.24) is 5.54 Å². The molecule has 0 aromatic carbocycles. The normalized spacial score (nSPS) is 13.7. The molecular weight excluding hydrogens is 1700 g/mol. The Morgan fingerprint density at radius 1 is 0.325 bits per heavy atom. The van der Waals surface area contributed by atoms with Gasteiger partial charge in [0.1, 0.15) is 52.9 Å². The molecule has 114 heavy (non-hydrogen) atoms. The Labute approximate surface area is 666 Å². The van der Waals surface area contributed by atoms with Crippen LogP contribution in [0.15, 0.2) is 261 Å². The average Bonchev–Trinajstić information content (AvgIpc) is 0.903. The number of phosphoric acid groups is 6. The first-order chi connectivity index (χ1) is 55.1. The topological polar surface area (TPSA) is 635 Å². The Hall–Kier alpha value is -6.62. The van der Waals surface area contributed by atoms with Gasteiger partial charge in [0, 0.05) is 65.4 Å². The van der Waals surface area contributed by atoms with Crippen molar-refractivity contribution in [2.45, 2.75) is 0 Å². The number of rotatable bonds is 60. The lowest BCUT2D eigenvalue weighted by molar-refractivity contribution is -0.700. The van der Waals surface area contributed by atoms with E-state index >= 15 is 0 Å². The third-order valence-electron chi connectivity index (χ3n) is 6.04. The van der Waals surface area contributed by atoms with E-state index in [0.29, 0.717) is 50.1 Å². The summed E-state index contributed by atoms with van der Waals surface area (Å²) in [5.41, 5.74) is 3.02. The molecule has 57 heteroatoms. The summed E-state index contributed by atoms with van der Waals surface area (Å²) in [6.45, 7) is 87.0. The summed E-state index contributed by atoms with van der Waals surface area (Å²) in [5.74, 6) is -2.31. The van der Waals surface area contributed by atoms with Gasteiger partial charge in [-0.2, -0.15) is 5.54 Å². The number of nitrogens with one attached hydrogen (secondary N) is 1. The van der Waals surface area contributed by atoms with Crippen molar-refractivity contribution in [3.05, 3.63) is 261 Å². The summed E-state index contributed by atoms with van der Waals surface area (Å²) in [5, 5.41) is 46.7. The maximum Gasteiger partial charge on any atom is 0.319 e. The van der Waals surface area contributed by atoms with Gasteiger partial charge in [-0.3, -0.25) is 32.0 Å². The number of hydrogen-bond donors (Lipinski definition) is 3. The van der Waals surface area contributed by atoms with E-state index in [1.807, 2.05) is 5.73 Å². The van der Waals surface area contributed by atoms with Gasteiger partial charge < -0.3 is 119 Å². The van der Waals surface area contributed by atoms with Gasteiger partial charge in [-0.15, -0.1) is 215 Å². The summed E-state index contributed by atoms with van der Waals surface area (Å²) in [4.78, 5) is 122. The number of phosphoric ester groups is 6. The van der Waals surface area contributed by atoms with Crippen LogP contribution in [0.1, 0.15) is 0 Å². The minimum Gasteiger partial charge on any atom is -0.769 e. The van der Waals surface area contributed by atoms with Crippen LogP contribution in [0.5, 0.6) is 0 Å². The SMILES string of the molecule is C=C.C=C.C=C.C=C.C=C.C=C.C=C.C=C.C=C.C=C.C=C.C=C.C=C.C=C.C=C.C=C.[3H]NCC(COP(=O)([O-])O)COP(=O)([O-])OCCOOOOO/C=C\OP(=O)([O-])OCCOOOOO/C=C\OP(=O)([O-])OCCOOOOO/C=C/OP(=O)([O-])OCC(CNF)COP(=O)([O-])OCCOOOOO/C=C/OP(C)(=O)[O-]. The molecule has 0 saturated heterocycles. The van der Waals surface area contributed by atoms with Crippen LogP contribution < -0.4 is 45.5 Å². The minimum atomic E-state index is -5.21. The Kier molecular flexibility index (Phi) is 162. The number of halogens is 1. The molecule has 9 unspecified atom stereocenters. The zero-order valence-electron chi connectivity index (χ0n) is 64.0. The molecule has 0 rings (SSSR count). The van der Waals surface area contributed by atoms with Crippen LogP contribution in [-0.2, 0) is 186 Å². The van der Waals surface area contributed by atoms with Gasteiger partial charge in [0.2, 0.25) is 0 Å². The van der Waals surface area contributed by atoms with Gasteiger partial charge in [0.15, 0.2) is 32.6 Å². The second-order valence-corrected chi connectivity index (χ2v) is 22.1. The maximum absolute atomic E-state index is 12.7. The molecule has 0 saturated carbocycles. The van der Waals surface area contributed by atoms with Crippen LogP contribution in [0.3, 0.4) is 0 Å². The lowest BCUT2D eigenvalue weighted by Crippen LogP contribution is -2.27. The average molecular weight is 1810 g/mol. The molecule has 0 aliphatic rings. The second-order valence-electron chi connectivity index (χ2n) is 12.3. The highest BCUT2D eigenvalue weighted by molar-refractivity contribution is 7.50. The molecule has 0 aromatic heterocycles. The highest BCUT2D eigenvalue weighted by Gasteiger charge is 2.20. The molecule has 0 heterocycles. The lowest BCUT2D eigenvalue weighted by atomic mass is 10.2. The summed E-state index contributed by atoms with van der Waals surface area (Å²) in [6, 6.07) is 0. The Morgan fingerprint density at radius 3 is 0.781 bits per heavy atom. The first kappa shape index (κ1) is 146. The van der Waals surface area contributed by atoms with Crippen LogP contribution in [0.4, 0.5) is 4.48 Å². The molecule has 0 bridgehead atoms. The van der Waals surface area contributed by atoms with Gasteiger partial charge in [0.05, 0.1) is 52.9 Å². The van der Waals surface area contributed by atoms with Gasteiger partial charge in [0.25, 0.3) is 23.5 Å². The van der Waals surface area contributed by atoms with Crippen LogP contribution in [0, 0.1) is 11.8 Å². The Balaban J connectivity index is -0.000000177. The summed E-state index contributed by atoms with van der Waals surface area (Å²) < 4.78 is 152. The molecule has 9 atom stereocenters. The fourth-order valence-corrected chi connectivity index (χ4v) is 7.04. The monoisotopic (exact) mass is 1810 g/mol. The van der Waals surface area contributed by atoms with Crippen molar-refractivity contribution in [2.75, 3.05) is 99.0 Å². The van der Waals surface area contributed by atoms with Crippen molar-refractivity contribution in [3.8, 4) is 0 Å². The number of nitrogens with two attached hydrogens (primary N) is 1. The molecule has 49 nitrogen and oxygen atoms in total. The lowest BCUT2D eigenvalue weighted by Gasteiger charge is -2.27. The highest BCUT2D eigenvalue weighted by atomic mass is 31.2. The molecule has 678 valence electrons. The van der Waals surface area contributed by atoms with E-state index in [1.165, 1.54) is 0 Å². The first-order valence-corrected chi connectivity index (χ1v) is 38.9. The first-order valence-electron chi connectivity index (χ1n) is 28.6. The van der Waals surface area contributed by atoms with Crippen molar-refractivity contribution in [2.24, 2.45) is 17.6 Å². The molecule has 0 aliphatic heterocycles. The van der Waals surface area contributed by atoms with Crippen LogP contribution in [-0.4, -0.2) is 104 Å². The molecule has 0 amide bonds. The maximum atomic E-state index is 12.7. The van der Waals surface area contributed by atoms with Crippen molar-refractivity contribution in [1.29, 1.82) is 0 Å². The summed E-state index contributed by atoms with van der Waals surface area (Å²) >= 11 is 0. The van der Waals surface area contributed by atoms with Crippen molar-refractivity contribution in [3.63, 3.8) is 0 Å². The summed E-state index contributed by atoms with van der Waals surface area (Å²) in [6.07, 6.45) is 3.40. The van der Waals surface area contributed by atoms with E-state index in [9.17, 15) is 70.7 Å². The Bertz CT molecular complexity index is 2380. The number of hydrogen-bond acceptors (Lipinski definition) is 48. The molecule has 4 N–H and O–H groups in total. The van der Waals surface area contributed by atoms with Crippen molar-refractivity contribution < 1.29 is 231 Å². The van der Waals surface area contributed by atoms with E-state index in [-0.39, 0.29) is 6.54 Å². The molecule has 0 fully saturated rings. The van der Waals surface area contributed by atoms with E-state index in [4.69, 9.17) is 6.31 Å². The quantitative estimate of drug-likeness (QED) is 0.00969. The standard InChI is InChI=1S/C25H52FN2O47P7.16C2H4/c1-76(29,30)52-10-2-44-64-72-69-50-8-16-58-81(40,41)62-22-25(19-28-26)23-63-82(42,43)59-17-9-51-71-75-68-48-6-14-56-79(36,37)54-12-4-46-66-73-65-45-3-11-53-78(34,35)55-13-5-47-67-74-70-49-7-15-57-80(38,39)61-21-24(18-27)20-60-77(31,32)33;16*1-2/h2,4-5,9-10,12-13,17,24-25,28H,3,6-8,11,14-16,18-23,27H2,1H3,(H,29,30)(H,34,35)(H,36,37)(H,38,39)(H,40,41)(H,42,43)(H2,31,32,33);16*1-2H2/p-7/b10-2+,12-4-,13-5-,17-9+;;;;;;;;;;;;;;;;/i/hT. The fraction of sp³-hybridized carbons (Fsp3) is 0.298. The molecule has 0 radical (unpaired) electrons. The van der Waals surface area contributed by atoms with Crippen LogP contribution in [0.25, 0.3) is 0 Å². The molecule has 0 aromatic rings. The zero-order valence-corrected chi connectivity index (χ0v) is 69.3. The van der Waals surface area contributed by atoms with E-state index in [0.717, 1.165) is 12.2 Å². The minimum absolute atomic E-state index is 0.291. The van der Waals surface area contributed by atoms with E-state index < -0.39 is 152 Å². The van der Waals surface area contributed by atoms with Gasteiger partial charge >= 0.3 is 23.5 Å². The van der Waals surface area contributed by atoms with Gasteiger partial charge in [-0.25, -0.2) is 19.6 Å². The fourth-order valence-electron chi connectivity index (χ4n) is 3.07. The molecule has 0 spiro atoms. The van der Waals surface area contributed by atoms with Gasteiger partial charge in [-0.1, -0.05) is 0 Å². The predicted molar refractivity (Wildman–Crippen MR) is 396 cm³/mol. The molecule has 0 aliphatic carbocycles. The predicted octanol–water partition coefficient (Wildman–Crippen LogP) is 9.53. The third kappa shape index (κ3) is 154. The zero-order chi connectivity index (χ0) is 94.3. The van der Waals surface area contributed by atoms with Gasteiger partial charge in [-0.05, 0) is 26.7 Å². The van der Waals surface area contributed by atoms with Crippen molar-refractivity contribution >= 4 is 54.5 Å². The summed E-state index contributed by atoms with van der Waals surface area (Å²) in [7, 11) is -34.5. The highest BCUT2D eigenvalue weighted by Crippen LogP contribution is 2.43. The molecular formula is C57H109FN2O47P7-7. The van der Waals surface area contributed by atoms with Crippen LogP contribution >= 0.6 is 54.5 Å². The second kappa shape index (κ2) is 127. The largest absolute Gasteiger partial charge is 0.769 e. The third-order valence-corrected chi connectivity index (χ3v) is 11.5. The van der Waals surface area contributed by atoms with Crippen LogP contribution in [0.2, 0.25) is 1.41 Å².